The van der Waals surface area contributed by atoms with Crippen LogP contribution < -0.4 is 15.0 Å². The minimum absolute atomic E-state index is 0.152. The third-order valence-corrected chi connectivity index (χ3v) is 3.97. The first-order valence-corrected chi connectivity index (χ1v) is 8.01. The van der Waals surface area contributed by atoms with E-state index in [1.54, 1.807) is 23.8 Å². The van der Waals surface area contributed by atoms with Gasteiger partial charge in [0.2, 0.25) is 0 Å². The van der Waals surface area contributed by atoms with Crippen molar-refractivity contribution in [3.8, 4) is 22.9 Å². The van der Waals surface area contributed by atoms with Crippen molar-refractivity contribution < 1.29 is 9.47 Å². The highest BCUT2D eigenvalue weighted by Gasteiger charge is 2.15. The number of rotatable bonds is 5. The Kier molecular flexibility index (Phi) is 4.71. The number of halogens is 1. The number of methoxy groups -OCH3 is 2. The minimum atomic E-state index is -0.152. The maximum absolute atomic E-state index is 12.9. The zero-order chi connectivity index (χ0) is 17.1. The summed E-state index contributed by atoms with van der Waals surface area (Å²) < 4.78 is 12.2. The number of aromatic nitrogens is 2. The van der Waals surface area contributed by atoms with Gasteiger partial charge in [0.05, 0.1) is 25.1 Å². The average molecular weight is 345 g/mol. The largest absolute Gasteiger partial charge is 0.493 e. The van der Waals surface area contributed by atoms with Gasteiger partial charge in [-0.1, -0.05) is 30.3 Å². The van der Waals surface area contributed by atoms with Gasteiger partial charge in [0.25, 0.3) is 5.56 Å². The van der Waals surface area contributed by atoms with Gasteiger partial charge in [-0.3, -0.25) is 9.36 Å². The lowest BCUT2D eigenvalue weighted by molar-refractivity contribution is 0.355. The van der Waals surface area contributed by atoms with Crippen LogP contribution in [0.1, 0.15) is 0 Å². The fraction of sp³-hybridized carbons (Fsp3) is 0.222. The standard InChI is InChI=1S/C18H17ClN2O3/c1-23-15-10-13-14(11-16(15)24-2)20-17(12-6-4-3-5-7-12)21(9-8-19)18(13)22/h3-7,10-11H,8-9H2,1-2H3. The zero-order valence-electron chi connectivity index (χ0n) is 13.5. The molecule has 0 atom stereocenters. The first kappa shape index (κ1) is 16.3. The molecular weight excluding hydrogens is 328 g/mol. The summed E-state index contributed by atoms with van der Waals surface area (Å²) in [4.78, 5) is 17.6. The molecule has 0 aliphatic heterocycles. The van der Waals surface area contributed by atoms with Crippen LogP contribution in [-0.2, 0) is 6.54 Å². The maximum atomic E-state index is 12.9. The number of ether oxygens (including phenoxy) is 2. The molecule has 3 rings (SSSR count). The molecule has 124 valence electrons. The monoisotopic (exact) mass is 344 g/mol. The Morgan fingerprint density at radius 2 is 1.75 bits per heavy atom. The third-order valence-electron chi connectivity index (χ3n) is 3.80. The molecule has 1 aromatic heterocycles. The topological polar surface area (TPSA) is 53.4 Å². The van der Waals surface area contributed by atoms with Crippen molar-refractivity contribution in [3.63, 3.8) is 0 Å². The number of fused-ring (bicyclic) bond motifs is 1. The molecule has 6 heteroatoms. The number of nitrogens with zero attached hydrogens (tertiary/aromatic N) is 2. The van der Waals surface area contributed by atoms with Crippen LogP contribution in [-0.4, -0.2) is 29.7 Å². The van der Waals surface area contributed by atoms with E-state index >= 15 is 0 Å². The van der Waals surface area contributed by atoms with Gasteiger partial charge in [-0.25, -0.2) is 4.98 Å². The summed E-state index contributed by atoms with van der Waals surface area (Å²) in [5.41, 5.74) is 1.26. The van der Waals surface area contributed by atoms with Crippen molar-refractivity contribution in [1.29, 1.82) is 0 Å². The van der Waals surface area contributed by atoms with E-state index < -0.39 is 0 Å². The fourth-order valence-corrected chi connectivity index (χ4v) is 2.82. The predicted molar refractivity (Wildman–Crippen MR) is 95.3 cm³/mol. The highest BCUT2D eigenvalue weighted by molar-refractivity contribution is 6.17. The second-order valence-electron chi connectivity index (χ2n) is 5.17. The smallest absolute Gasteiger partial charge is 0.261 e. The van der Waals surface area contributed by atoms with E-state index in [2.05, 4.69) is 4.98 Å². The zero-order valence-corrected chi connectivity index (χ0v) is 14.2. The van der Waals surface area contributed by atoms with Crippen LogP contribution in [0, 0.1) is 0 Å². The SMILES string of the molecule is COc1cc2nc(-c3ccccc3)n(CCCl)c(=O)c2cc1OC. The van der Waals surface area contributed by atoms with Crippen LogP contribution in [0.4, 0.5) is 0 Å². The molecule has 2 aromatic carbocycles. The molecule has 0 radical (unpaired) electrons. The molecule has 3 aromatic rings. The Bertz CT molecular complexity index is 923. The van der Waals surface area contributed by atoms with Gasteiger partial charge in [0, 0.05) is 24.1 Å². The van der Waals surface area contributed by atoms with Crippen LogP contribution in [0.3, 0.4) is 0 Å². The van der Waals surface area contributed by atoms with Crippen molar-refractivity contribution in [1.82, 2.24) is 9.55 Å². The van der Waals surface area contributed by atoms with E-state index in [-0.39, 0.29) is 5.56 Å². The molecule has 0 unspecified atom stereocenters. The third kappa shape index (κ3) is 2.83. The molecular formula is C18H17ClN2O3. The summed E-state index contributed by atoms with van der Waals surface area (Å²) in [7, 11) is 3.09. The van der Waals surface area contributed by atoms with Gasteiger partial charge >= 0.3 is 0 Å². The van der Waals surface area contributed by atoms with E-state index in [1.807, 2.05) is 30.3 Å². The second kappa shape index (κ2) is 6.93. The first-order chi connectivity index (χ1) is 11.7. The van der Waals surface area contributed by atoms with Gasteiger partial charge < -0.3 is 9.47 Å². The molecule has 0 saturated heterocycles. The molecule has 0 saturated carbocycles. The van der Waals surface area contributed by atoms with Crippen molar-refractivity contribution in [2.24, 2.45) is 0 Å². The summed E-state index contributed by atoms with van der Waals surface area (Å²) in [5, 5.41) is 0.470. The van der Waals surface area contributed by atoms with E-state index in [9.17, 15) is 4.79 Å². The fourth-order valence-electron chi connectivity index (χ4n) is 2.65. The van der Waals surface area contributed by atoms with Crippen LogP contribution >= 0.6 is 11.6 Å². The van der Waals surface area contributed by atoms with Crippen LogP contribution in [0.25, 0.3) is 22.3 Å². The Balaban J connectivity index is 2.35. The second-order valence-corrected chi connectivity index (χ2v) is 5.55. The predicted octanol–water partition coefficient (Wildman–Crippen LogP) is 3.32. The Morgan fingerprint density at radius 1 is 1.08 bits per heavy atom. The lowest BCUT2D eigenvalue weighted by Crippen LogP contribution is -2.24. The van der Waals surface area contributed by atoms with Gasteiger partial charge in [-0.15, -0.1) is 11.6 Å². The molecule has 0 aliphatic carbocycles. The molecule has 5 nitrogen and oxygen atoms in total. The lowest BCUT2D eigenvalue weighted by Gasteiger charge is -2.14. The summed E-state index contributed by atoms with van der Waals surface area (Å²) in [5.74, 6) is 1.93. The summed E-state index contributed by atoms with van der Waals surface area (Å²) in [6.45, 7) is 0.377. The van der Waals surface area contributed by atoms with Crippen LogP contribution in [0.5, 0.6) is 11.5 Å². The Hall–Kier alpha value is -2.53. The van der Waals surface area contributed by atoms with Crippen LogP contribution in [0.15, 0.2) is 47.3 Å². The molecule has 0 N–H and O–H groups in total. The van der Waals surface area contributed by atoms with E-state index in [0.29, 0.717) is 40.7 Å². The average Bonchev–Trinajstić information content (AvgIpc) is 2.63. The highest BCUT2D eigenvalue weighted by Crippen LogP contribution is 2.31. The van der Waals surface area contributed by atoms with Crippen molar-refractivity contribution >= 4 is 22.5 Å². The molecule has 0 bridgehead atoms. The molecule has 0 aliphatic rings. The minimum Gasteiger partial charge on any atom is -0.493 e. The summed E-state index contributed by atoms with van der Waals surface area (Å²) >= 11 is 5.89. The molecule has 1 heterocycles. The van der Waals surface area contributed by atoms with E-state index in [0.717, 1.165) is 5.56 Å². The number of alkyl halides is 1. The van der Waals surface area contributed by atoms with Crippen LogP contribution in [0.2, 0.25) is 0 Å². The summed E-state index contributed by atoms with van der Waals surface area (Å²) in [6, 6.07) is 12.9. The first-order valence-electron chi connectivity index (χ1n) is 7.47. The van der Waals surface area contributed by atoms with Gasteiger partial charge in [-0.05, 0) is 6.07 Å². The lowest BCUT2D eigenvalue weighted by atomic mass is 10.1. The molecule has 0 amide bonds. The maximum Gasteiger partial charge on any atom is 0.261 e. The van der Waals surface area contributed by atoms with Crippen molar-refractivity contribution in [2.45, 2.75) is 6.54 Å². The Labute approximate surface area is 144 Å². The quantitative estimate of drug-likeness (QED) is 0.666. The van der Waals surface area contributed by atoms with Crippen molar-refractivity contribution in [3.05, 3.63) is 52.8 Å². The molecule has 0 fully saturated rings. The molecule has 0 spiro atoms. The Morgan fingerprint density at radius 3 is 2.38 bits per heavy atom. The normalized spacial score (nSPS) is 10.8. The van der Waals surface area contributed by atoms with Gasteiger partial charge in [0.1, 0.15) is 5.82 Å². The molecule has 24 heavy (non-hydrogen) atoms. The van der Waals surface area contributed by atoms with E-state index in [1.165, 1.54) is 7.11 Å². The van der Waals surface area contributed by atoms with Gasteiger partial charge in [0.15, 0.2) is 11.5 Å². The summed E-state index contributed by atoms with van der Waals surface area (Å²) in [6.07, 6.45) is 0. The number of hydrogen-bond donors (Lipinski definition) is 0. The van der Waals surface area contributed by atoms with E-state index in [4.69, 9.17) is 21.1 Å². The van der Waals surface area contributed by atoms with Gasteiger partial charge in [-0.2, -0.15) is 0 Å². The highest BCUT2D eigenvalue weighted by atomic mass is 35.5. The number of hydrogen-bond acceptors (Lipinski definition) is 4. The number of benzene rings is 2. The van der Waals surface area contributed by atoms with Crippen molar-refractivity contribution in [2.75, 3.05) is 20.1 Å².